The number of halogens is 1. The summed E-state index contributed by atoms with van der Waals surface area (Å²) in [6.45, 7) is 2.66. The number of ketones is 1. The Labute approximate surface area is 155 Å². The number of hydrogen-bond acceptors (Lipinski definition) is 2. The predicted octanol–water partition coefficient (Wildman–Crippen LogP) is 4.58. The van der Waals surface area contributed by atoms with E-state index >= 15 is 0 Å². The molecule has 2 aliphatic rings. The van der Waals surface area contributed by atoms with Gasteiger partial charge in [-0.2, -0.15) is 0 Å². The van der Waals surface area contributed by atoms with Gasteiger partial charge in [0.05, 0.1) is 6.04 Å². The maximum atomic E-state index is 13.2. The second kappa shape index (κ2) is 6.45. The van der Waals surface area contributed by atoms with Crippen molar-refractivity contribution < 1.29 is 9.59 Å². The molecule has 1 amide bonds. The molecule has 0 saturated carbocycles. The summed E-state index contributed by atoms with van der Waals surface area (Å²) in [5.74, 6) is 0.185. The van der Waals surface area contributed by atoms with Crippen molar-refractivity contribution in [2.24, 2.45) is 0 Å². The smallest absolute Gasteiger partial charge is 0.271 e. The van der Waals surface area contributed by atoms with Gasteiger partial charge in [0.25, 0.3) is 5.91 Å². The number of Topliss-reactive ketones (excluding diaryl/α,β-unsaturated/α-hetero) is 1. The SMILES string of the molecule is Cc1c(C(=O)N2CCCC2c2ccc(Br)cc2)[nH]c2c1C(=O)CCC2. The summed E-state index contributed by atoms with van der Waals surface area (Å²) in [5.41, 5.74) is 4.29. The number of nitrogens with zero attached hydrogens (tertiary/aromatic N) is 1. The lowest BCUT2D eigenvalue weighted by Crippen LogP contribution is -2.31. The average Bonchev–Trinajstić information content (AvgIpc) is 3.21. The first-order chi connectivity index (χ1) is 12.1. The molecule has 0 bridgehead atoms. The molecule has 1 saturated heterocycles. The Morgan fingerprint density at radius 1 is 1.20 bits per heavy atom. The van der Waals surface area contributed by atoms with E-state index in [-0.39, 0.29) is 17.7 Å². The van der Waals surface area contributed by atoms with Crippen LogP contribution in [0.1, 0.15) is 69.4 Å². The van der Waals surface area contributed by atoms with Crippen LogP contribution < -0.4 is 0 Å². The van der Waals surface area contributed by atoms with Crippen LogP contribution in [-0.2, 0) is 6.42 Å². The van der Waals surface area contributed by atoms with Gasteiger partial charge < -0.3 is 9.88 Å². The van der Waals surface area contributed by atoms with E-state index in [2.05, 4.69) is 33.0 Å². The number of aromatic nitrogens is 1. The Morgan fingerprint density at radius 2 is 1.96 bits per heavy atom. The van der Waals surface area contributed by atoms with Gasteiger partial charge in [-0.15, -0.1) is 0 Å². The summed E-state index contributed by atoms with van der Waals surface area (Å²) in [6, 6.07) is 8.31. The number of carbonyl (C=O) groups is 2. The van der Waals surface area contributed by atoms with Crippen LogP contribution in [0.5, 0.6) is 0 Å². The summed E-state index contributed by atoms with van der Waals surface area (Å²) < 4.78 is 1.04. The monoisotopic (exact) mass is 400 g/mol. The molecule has 5 heteroatoms. The van der Waals surface area contributed by atoms with Gasteiger partial charge in [0.15, 0.2) is 5.78 Å². The van der Waals surface area contributed by atoms with Gasteiger partial charge in [-0.1, -0.05) is 28.1 Å². The van der Waals surface area contributed by atoms with Gasteiger partial charge >= 0.3 is 0 Å². The molecule has 1 aromatic carbocycles. The van der Waals surface area contributed by atoms with Crippen molar-refractivity contribution in [3.8, 4) is 0 Å². The predicted molar refractivity (Wildman–Crippen MR) is 100.0 cm³/mol. The molecule has 1 aliphatic heterocycles. The molecular formula is C20H21BrN2O2. The highest BCUT2D eigenvalue weighted by atomic mass is 79.9. The van der Waals surface area contributed by atoms with E-state index in [4.69, 9.17) is 0 Å². The summed E-state index contributed by atoms with van der Waals surface area (Å²) in [4.78, 5) is 30.7. The van der Waals surface area contributed by atoms with E-state index in [1.54, 1.807) is 0 Å². The third-order valence-electron chi connectivity index (χ3n) is 5.42. The number of nitrogens with one attached hydrogen (secondary N) is 1. The quantitative estimate of drug-likeness (QED) is 0.801. The van der Waals surface area contributed by atoms with Gasteiger partial charge in [-0.05, 0) is 55.9 Å². The molecule has 4 nitrogen and oxygen atoms in total. The number of carbonyl (C=O) groups excluding carboxylic acids is 2. The van der Waals surface area contributed by atoms with Crippen molar-refractivity contribution in [2.45, 2.75) is 45.1 Å². The van der Waals surface area contributed by atoms with E-state index in [9.17, 15) is 9.59 Å². The van der Waals surface area contributed by atoms with Crippen molar-refractivity contribution in [1.29, 1.82) is 0 Å². The van der Waals surface area contributed by atoms with Crippen LogP contribution in [0, 0.1) is 6.92 Å². The van der Waals surface area contributed by atoms with Gasteiger partial charge in [0.2, 0.25) is 0 Å². The molecule has 1 aromatic heterocycles. The molecule has 1 fully saturated rings. The van der Waals surface area contributed by atoms with E-state index in [0.717, 1.165) is 53.5 Å². The Balaban J connectivity index is 1.66. The van der Waals surface area contributed by atoms with Crippen molar-refractivity contribution in [3.05, 3.63) is 56.8 Å². The Hall–Kier alpha value is -1.88. The van der Waals surface area contributed by atoms with Gasteiger partial charge in [0.1, 0.15) is 5.69 Å². The van der Waals surface area contributed by atoms with Crippen molar-refractivity contribution in [1.82, 2.24) is 9.88 Å². The molecule has 130 valence electrons. The fourth-order valence-electron chi connectivity index (χ4n) is 4.17. The molecule has 1 N–H and O–H groups in total. The topological polar surface area (TPSA) is 53.2 Å². The maximum Gasteiger partial charge on any atom is 0.271 e. The molecule has 4 rings (SSSR count). The summed E-state index contributed by atoms with van der Waals surface area (Å²) in [7, 11) is 0. The number of benzene rings is 1. The van der Waals surface area contributed by atoms with Crippen LogP contribution in [0.3, 0.4) is 0 Å². The van der Waals surface area contributed by atoms with Crippen molar-refractivity contribution >= 4 is 27.6 Å². The third-order valence-corrected chi connectivity index (χ3v) is 5.95. The molecule has 1 aliphatic carbocycles. The summed E-state index contributed by atoms with van der Waals surface area (Å²) in [5, 5.41) is 0. The zero-order valence-electron chi connectivity index (χ0n) is 14.3. The number of fused-ring (bicyclic) bond motifs is 1. The molecular weight excluding hydrogens is 380 g/mol. The standard InChI is InChI=1S/C20H21BrN2O2/c1-12-18-15(4-2-6-17(18)24)22-19(12)20(25)23-11-3-5-16(23)13-7-9-14(21)10-8-13/h7-10,16,22H,2-6,11H2,1H3. The molecule has 25 heavy (non-hydrogen) atoms. The highest BCUT2D eigenvalue weighted by Gasteiger charge is 2.34. The van der Waals surface area contributed by atoms with E-state index < -0.39 is 0 Å². The van der Waals surface area contributed by atoms with Crippen LogP contribution in [-0.4, -0.2) is 28.1 Å². The minimum Gasteiger partial charge on any atom is -0.354 e. The first-order valence-corrected chi connectivity index (χ1v) is 9.66. The number of hydrogen-bond donors (Lipinski definition) is 1. The second-order valence-corrected chi connectivity index (χ2v) is 7.88. The van der Waals surface area contributed by atoms with Gasteiger partial charge in [-0.3, -0.25) is 9.59 Å². The van der Waals surface area contributed by atoms with Crippen molar-refractivity contribution in [3.63, 3.8) is 0 Å². The van der Waals surface area contributed by atoms with Crippen LogP contribution in [0.2, 0.25) is 0 Å². The van der Waals surface area contributed by atoms with Crippen molar-refractivity contribution in [2.75, 3.05) is 6.54 Å². The number of rotatable bonds is 2. The summed E-state index contributed by atoms with van der Waals surface area (Å²) in [6.07, 6.45) is 4.29. The highest BCUT2D eigenvalue weighted by molar-refractivity contribution is 9.10. The Kier molecular flexibility index (Phi) is 4.28. The minimum atomic E-state index is 0.0186. The van der Waals surface area contributed by atoms with E-state index in [1.165, 1.54) is 5.56 Å². The Bertz CT molecular complexity index is 838. The maximum absolute atomic E-state index is 13.2. The van der Waals surface area contributed by atoms with Gasteiger partial charge in [-0.25, -0.2) is 0 Å². The van der Waals surface area contributed by atoms with Crippen LogP contribution in [0.15, 0.2) is 28.7 Å². The molecule has 2 aromatic rings. The minimum absolute atomic E-state index is 0.0186. The normalized spacial score (nSPS) is 20.0. The lowest BCUT2D eigenvalue weighted by molar-refractivity contribution is 0.0729. The van der Waals surface area contributed by atoms with E-state index in [0.29, 0.717) is 12.1 Å². The van der Waals surface area contributed by atoms with Crippen LogP contribution in [0.4, 0.5) is 0 Å². The first-order valence-electron chi connectivity index (χ1n) is 8.87. The second-order valence-electron chi connectivity index (χ2n) is 6.96. The molecule has 2 heterocycles. The van der Waals surface area contributed by atoms with Crippen LogP contribution >= 0.6 is 15.9 Å². The number of aromatic amines is 1. The fourth-order valence-corrected chi connectivity index (χ4v) is 4.44. The van der Waals surface area contributed by atoms with Gasteiger partial charge in [0, 0.05) is 28.7 Å². The fraction of sp³-hybridized carbons (Fsp3) is 0.400. The van der Waals surface area contributed by atoms with E-state index in [1.807, 2.05) is 24.0 Å². The zero-order chi connectivity index (χ0) is 17.6. The van der Waals surface area contributed by atoms with Crippen LogP contribution in [0.25, 0.3) is 0 Å². The third kappa shape index (κ3) is 2.84. The largest absolute Gasteiger partial charge is 0.354 e. The lowest BCUT2D eigenvalue weighted by atomic mass is 9.93. The average molecular weight is 401 g/mol. The number of aryl methyl sites for hydroxylation is 1. The molecule has 0 radical (unpaired) electrons. The molecule has 1 unspecified atom stereocenters. The number of H-pyrrole nitrogens is 1. The summed E-state index contributed by atoms with van der Waals surface area (Å²) >= 11 is 3.46. The zero-order valence-corrected chi connectivity index (χ0v) is 15.9. The number of amides is 1. The Morgan fingerprint density at radius 3 is 2.68 bits per heavy atom. The molecule has 0 spiro atoms. The molecule has 1 atom stereocenters. The number of likely N-dealkylation sites (tertiary alicyclic amines) is 1. The highest BCUT2D eigenvalue weighted by Crippen LogP contribution is 2.35. The first kappa shape index (κ1) is 16.6. The lowest BCUT2D eigenvalue weighted by Gasteiger charge is -2.25.